The number of nitrogens with zero attached hydrogens (tertiary/aromatic N) is 2. The number of anilines is 1. The lowest BCUT2D eigenvalue weighted by Crippen LogP contribution is -2.23. The van der Waals surface area contributed by atoms with E-state index in [4.69, 9.17) is 0 Å². The SMILES string of the molecule is CN(C)CCCN(C)c1ccc(C(=O)O)c2ccccc12. The molecule has 0 saturated carbocycles. The molecule has 2 rings (SSSR count). The molecule has 0 radical (unpaired) electrons. The van der Waals surface area contributed by atoms with Crippen molar-refractivity contribution in [3.8, 4) is 0 Å². The van der Waals surface area contributed by atoms with E-state index >= 15 is 0 Å². The van der Waals surface area contributed by atoms with Crippen molar-refractivity contribution in [2.75, 3.05) is 39.1 Å². The summed E-state index contributed by atoms with van der Waals surface area (Å²) in [4.78, 5) is 15.7. The molecular weight excluding hydrogens is 264 g/mol. The second-order valence-electron chi connectivity index (χ2n) is 5.56. The van der Waals surface area contributed by atoms with Crippen LogP contribution in [0.2, 0.25) is 0 Å². The van der Waals surface area contributed by atoms with E-state index in [9.17, 15) is 9.90 Å². The van der Waals surface area contributed by atoms with Gasteiger partial charge in [0.25, 0.3) is 0 Å². The Balaban J connectivity index is 2.32. The molecule has 1 N–H and O–H groups in total. The van der Waals surface area contributed by atoms with Crippen LogP contribution in [0.5, 0.6) is 0 Å². The summed E-state index contributed by atoms with van der Waals surface area (Å²) in [6, 6.07) is 11.3. The minimum atomic E-state index is -0.881. The molecule has 112 valence electrons. The van der Waals surface area contributed by atoms with Gasteiger partial charge in [-0.3, -0.25) is 0 Å². The van der Waals surface area contributed by atoms with Gasteiger partial charge in [0.2, 0.25) is 0 Å². The van der Waals surface area contributed by atoms with Gasteiger partial charge in [-0.2, -0.15) is 0 Å². The lowest BCUT2D eigenvalue weighted by atomic mass is 10.0. The molecule has 2 aromatic rings. The molecule has 0 aliphatic carbocycles. The molecule has 0 fully saturated rings. The van der Waals surface area contributed by atoms with E-state index in [1.165, 1.54) is 0 Å². The molecule has 4 heteroatoms. The van der Waals surface area contributed by atoms with Gasteiger partial charge in [0, 0.05) is 24.7 Å². The van der Waals surface area contributed by atoms with Gasteiger partial charge in [-0.25, -0.2) is 4.79 Å². The van der Waals surface area contributed by atoms with Crippen molar-refractivity contribution in [2.24, 2.45) is 0 Å². The highest BCUT2D eigenvalue weighted by atomic mass is 16.4. The van der Waals surface area contributed by atoms with Gasteiger partial charge in [-0.1, -0.05) is 24.3 Å². The van der Waals surface area contributed by atoms with Crippen LogP contribution in [-0.4, -0.2) is 50.2 Å². The van der Waals surface area contributed by atoms with Crippen LogP contribution in [0.15, 0.2) is 36.4 Å². The monoisotopic (exact) mass is 286 g/mol. The van der Waals surface area contributed by atoms with E-state index in [-0.39, 0.29) is 0 Å². The number of fused-ring (bicyclic) bond motifs is 1. The molecule has 2 aromatic carbocycles. The summed E-state index contributed by atoms with van der Waals surface area (Å²) in [7, 11) is 6.19. The van der Waals surface area contributed by atoms with E-state index in [1.54, 1.807) is 6.07 Å². The van der Waals surface area contributed by atoms with Crippen LogP contribution in [0.25, 0.3) is 10.8 Å². The number of rotatable bonds is 6. The Labute approximate surface area is 125 Å². The Bertz CT molecular complexity index is 638. The first-order valence-corrected chi connectivity index (χ1v) is 7.11. The van der Waals surface area contributed by atoms with Crippen molar-refractivity contribution in [3.63, 3.8) is 0 Å². The zero-order valence-corrected chi connectivity index (χ0v) is 12.8. The average Bonchev–Trinajstić information content (AvgIpc) is 2.45. The Kier molecular flexibility index (Phi) is 4.81. The minimum absolute atomic E-state index is 0.357. The third kappa shape index (κ3) is 3.52. The summed E-state index contributed by atoms with van der Waals surface area (Å²) in [5, 5.41) is 11.1. The quantitative estimate of drug-likeness (QED) is 0.886. The summed E-state index contributed by atoms with van der Waals surface area (Å²) >= 11 is 0. The van der Waals surface area contributed by atoms with E-state index in [0.717, 1.165) is 36.0 Å². The van der Waals surface area contributed by atoms with Gasteiger partial charge in [0.05, 0.1) is 5.56 Å². The molecule has 0 amide bonds. The van der Waals surface area contributed by atoms with E-state index in [1.807, 2.05) is 30.3 Å². The predicted molar refractivity (Wildman–Crippen MR) is 87.3 cm³/mol. The molecule has 0 saturated heterocycles. The summed E-state index contributed by atoms with van der Waals surface area (Å²) in [5.74, 6) is -0.881. The Morgan fingerprint density at radius 1 is 1.00 bits per heavy atom. The molecule has 0 bridgehead atoms. The third-order valence-corrected chi connectivity index (χ3v) is 3.64. The Hall–Kier alpha value is -2.07. The average molecular weight is 286 g/mol. The number of carbonyl (C=O) groups is 1. The second-order valence-corrected chi connectivity index (χ2v) is 5.56. The van der Waals surface area contributed by atoms with E-state index in [0.29, 0.717) is 5.56 Å². The summed E-state index contributed by atoms with van der Waals surface area (Å²) in [6.07, 6.45) is 1.07. The fraction of sp³-hybridized carbons (Fsp3) is 0.353. The number of carboxylic acids is 1. The molecule has 0 unspecified atom stereocenters. The summed E-state index contributed by atoms with van der Waals surface area (Å²) in [5.41, 5.74) is 1.44. The molecule has 21 heavy (non-hydrogen) atoms. The zero-order chi connectivity index (χ0) is 15.4. The third-order valence-electron chi connectivity index (χ3n) is 3.64. The summed E-state index contributed by atoms with van der Waals surface area (Å²) < 4.78 is 0. The number of carboxylic acid groups (broad SMARTS) is 1. The largest absolute Gasteiger partial charge is 0.478 e. The van der Waals surface area contributed by atoms with Crippen molar-refractivity contribution >= 4 is 22.4 Å². The highest BCUT2D eigenvalue weighted by Gasteiger charge is 2.12. The normalized spacial score (nSPS) is 11.0. The first kappa shape index (κ1) is 15.3. The van der Waals surface area contributed by atoms with Crippen LogP contribution in [0.3, 0.4) is 0 Å². The fourth-order valence-electron chi connectivity index (χ4n) is 2.55. The van der Waals surface area contributed by atoms with Gasteiger partial charge < -0.3 is 14.9 Å². The van der Waals surface area contributed by atoms with Crippen LogP contribution in [0.1, 0.15) is 16.8 Å². The maximum Gasteiger partial charge on any atom is 0.336 e. The standard InChI is InChI=1S/C17H22N2O2/c1-18(2)11-6-12-19(3)16-10-9-15(17(20)21)13-7-4-5-8-14(13)16/h4-5,7-10H,6,11-12H2,1-3H3,(H,20,21). The number of hydrogen-bond donors (Lipinski definition) is 1. The molecule has 0 atom stereocenters. The maximum absolute atomic E-state index is 11.3. The molecule has 0 aliphatic rings. The van der Waals surface area contributed by atoms with Gasteiger partial charge in [0.15, 0.2) is 0 Å². The first-order valence-electron chi connectivity index (χ1n) is 7.11. The molecule has 0 aliphatic heterocycles. The predicted octanol–water partition coefficient (Wildman–Crippen LogP) is 2.93. The molecule has 0 spiro atoms. The smallest absolute Gasteiger partial charge is 0.336 e. The van der Waals surface area contributed by atoms with Crippen LogP contribution in [0, 0.1) is 0 Å². The topological polar surface area (TPSA) is 43.8 Å². The number of benzene rings is 2. The first-order chi connectivity index (χ1) is 10.0. The minimum Gasteiger partial charge on any atom is -0.478 e. The van der Waals surface area contributed by atoms with Gasteiger partial charge in [-0.05, 0) is 44.6 Å². The van der Waals surface area contributed by atoms with E-state index < -0.39 is 5.97 Å². The number of hydrogen-bond acceptors (Lipinski definition) is 3. The fourth-order valence-corrected chi connectivity index (χ4v) is 2.55. The Morgan fingerprint density at radius 3 is 2.29 bits per heavy atom. The lowest BCUT2D eigenvalue weighted by molar-refractivity contribution is 0.0699. The van der Waals surface area contributed by atoms with Crippen molar-refractivity contribution < 1.29 is 9.90 Å². The van der Waals surface area contributed by atoms with Crippen LogP contribution < -0.4 is 4.90 Å². The maximum atomic E-state index is 11.3. The lowest BCUT2D eigenvalue weighted by Gasteiger charge is -2.22. The van der Waals surface area contributed by atoms with Crippen LogP contribution >= 0.6 is 0 Å². The Morgan fingerprint density at radius 2 is 1.67 bits per heavy atom. The summed E-state index contributed by atoms with van der Waals surface area (Å²) in [6.45, 7) is 1.98. The molecule has 4 nitrogen and oxygen atoms in total. The highest BCUT2D eigenvalue weighted by Crippen LogP contribution is 2.29. The van der Waals surface area contributed by atoms with Crippen LogP contribution in [0.4, 0.5) is 5.69 Å². The van der Waals surface area contributed by atoms with Crippen molar-refractivity contribution in [1.29, 1.82) is 0 Å². The van der Waals surface area contributed by atoms with Crippen molar-refractivity contribution in [1.82, 2.24) is 4.90 Å². The van der Waals surface area contributed by atoms with Crippen LogP contribution in [-0.2, 0) is 0 Å². The van der Waals surface area contributed by atoms with Gasteiger partial charge in [-0.15, -0.1) is 0 Å². The van der Waals surface area contributed by atoms with Crippen molar-refractivity contribution in [2.45, 2.75) is 6.42 Å². The number of aromatic carboxylic acids is 1. The molecule has 0 heterocycles. The van der Waals surface area contributed by atoms with Gasteiger partial charge in [0.1, 0.15) is 0 Å². The van der Waals surface area contributed by atoms with Gasteiger partial charge >= 0.3 is 5.97 Å². The zero-order valence-electron chi connectivity index (χ0n) is 12.8. The highest BCUT2D eigenvalue weighted by molar-refractivity contribution is 6.07. The second kappa shape index (κ2) is 6.59. The molecule has 0 aromatic heterocycles. The van der Waals surface area contributed by atoms with E-state index in [2.05, 4.69) is 30.9 Å². The molecular formula is C17H22N2O2. The van der Waals surface area contributed by atoms with Crippen molar-refractivity contribution in [3.05, 3.63) is 42.0 Å².